The van der Waals surface area contributed by atoms with Gasteiger partial charge < -0.3 is 9.84 Å². The molecule has 0 aromatic rings. The van der Waals surface area contributed by atoms with Gasteiger partial charge in [0, 0.05) is 5.57 Å². The van der Waals surface area contributed by atoms with E-state index in [0.717, 1.165) is 25.7 Å². The minimum Gasteiger partial charge on any atom is -0.466 e. The lowest BCUT2D eigenvalue weighted by atomic mass is 10.1. The number of allylic oxidation sites excluding steroid dienone is 1. The summed E-state index contributed by atoms with van der Waals surface area (Å²) in [6.07, 6.45) is 7.33. The first-order valence-electron chi connectivity index (χ1n) is 6.05. The second kappa shape index (κ2) is 9.40. The molecule has 0 saturated heterocycles. The van der Waals surface area contributed by atoms with Gasteiger partial charge in [0.25, 0.3) is 0 Å². The minimum absolute atomic E-state index is 0.242. The summed E-state index contributed by atoms with van der Waals surface area (Å²) in [6, 6.07) is 0. The highest BCUT2D eigenvalue weighted by atomic mass is 16.5. The van der Waals surface area contributed by atoms with Gasteiger partial charge in [0.1, 0.15) is 0 Å². The number of carbonyl (C=O) groups is 1. The number of carbonyl (C=O) groups excluding carboxylic acids is 1. The van der Waals surface area contributed by atoms with Gasteiger partial charge in [-0.3, -0.25) is 0 Å². The molecule has 0 saturated carbocycles. The van der Waals surface area contributed by atoms with E-state index in [4.69, 9.17) is 0 Å². The Morgan fingerprint density at radius 2 is 2.06 bits per heavy atom. The topological polar surface area (TPSA) is 46.5 Å². The van der Waals surface area contributed by atoms with Crippen molar-refractivity contribution in [2.45, 2.75) is 58.5 Å². The van der Waals surface area contributed by atoms with Crippen molar-refractivity contribution in [2.75, 3.05) is 7.11 Å². The molecule has 0 heterocycles. The summed E-state index contributed by atoms with van der Waals surface area (Å²) in [5.41, 5.74) is 0.614. The lowest BCUT2D eigenvalue weighted by Crippen LogP contribution is -2.06. The van der Waals surface area contributed by atoms with Crippen LogP contribution in [-0.2, 0) is 9.53 Å². The molecule has 0 radical (unpaired) electrons. The summed E-state index contributed by atoms with van der Waals surface area (Å²) in [4.78, 5) is 11.0. The fourth-order valence-electron chi connectivity index (χ4n) is 1.51. The molecule has 0 amide bonds. The average molecular weight is 228 g/mol. The van der Waals surface area contributed by atoms with Crippen molar-refractivity contribution in [2.24, 2.45) is 0 Å². The second-order valence-corrected chi connectivity index (χ2v) is 4.11. The Balaban J connectivity index is 3.67. The highest BCUT2D eigenvalue weighted by molar-refractivity contribution is 5.87. The van der Waals surface area contributed by atoms with Gasteiger partial charge in [-0.1, -0.05) is 32.3 Å². The molecular weight excluding hydrogens is 204 g/mol. The number of methoxy groups -OCH3 is 1. The highest BCUT2D eigenvalue weighted by Crippen LogP contribution is 2.09. The standard InChI is InChI=1S/C13H24O3/c1-4-5-6-9-12(14)10-7-8-11(2)13(15)16-3/h8,12,14H,4-7,9-10H2,1-3H3/b11-8+. The first-order valence-corrected chi connectivity index (χ1v) is 6.05. The van der Waals surface area contributed by atoms with Crippen LogP contribution < -0.4 is 0 Å². The van der Waals surface area contributed by atoms with E-state index in [2.05, 4.69) is 11.7 Å². The fraction of sp³-hybridized carbons (Fsp3) is 0.769. The SMILES string of the molecule is CCCCCC(O)CC/C=C(\C)C(=O)OC. The van der Waals surface area contributed by atoms with Crippen LogP contribution >= 0.6 is 0 Å². The molecule has 0 aromatic heterocycles. The molecule has 0 aliphatic carbocycles. The maximum Gasteiger partial charge on any atom is 0.333 e. The summed E-state index contributed by atoms with van der Waals surface area (Å²) < 4.78 is 4.58. The van der Waals surface area contributed by atoms with Gasteiger partial charge >= 0.3 is 5.97 Å². The minimum atomic E-state index is -0.291. The Hall–Kier alpha value is -0.830. The first kappa shape index (κ1) is 15.2. The second-order valence-electron chi connectivity index (χ2n) is 4.11. The molecular formula is C13H24O3. The van der Waals surface area contributed by atoms with E-state index in [1.165, 1.54) is 20.0 Å². The van der Waals surface area contributed by atoms with Crippen LogP contribution in [0.4, 0.5) is 0 Å². The highest BCUT2D eigenvalue weighted by Gasteiger charge is 2.05. The molecule has 0 fully saturated rings. The van der Waals surface area contributed by atoms with Crippen molar-refractivity contribution in [3.05, 3.63) is 11.6 Å². The zero-order valence-corrected chi connectivity index (χ0v) is 10.7. The predicted octanol–water partition coefficient (Wildman–Crippen LogP) is 2.83. The zero-order valence-electron chi connectivity index (χ0n) is 10.7. The molecule has 94 valence electrons. The Morgan fingerprint density at radius 1 is 1.38 bits per heavy atom. The molecule has 0 aliphatic rings. The molecule has 16 heavy (non-hydrogen) atoms. The first-order chi connectivity index (χ1) is 7.61. The lowest BCUT2D eigenvalue weighted by molar-refractivity contribution is -0.136. The number of aliphatic hydroxyl groups excluding tert-OH is 1. The van der Waals surface area contributed by atoms with Gasteiger partial charge in [-0.2, -0.15) is 0 Å². The van der Waals surface area contributed by atoms with Crippen molar-refractivity contribution in [1.29, 1.82) is 0 Å². The van der Waals surface area contributed by atoms with Gasteiger partial charge in [0.05, 0.1) is 13.2 Å². The molecule has 0 aromatic carbocycles. The Kier molecular flexibility index (Phi) is 8.91. The predicted molar refractivity (Wildman–Crippen MR) is 65.2 cm³/mol. The van der Waals surface area contributed by atoms with Gasteiger partial charge in [-0.05, 0) is 26.2 Å². The summed E-state index contributed by atoms with van der Waals surface area (Å²) in [6.45, 7) is 3.88. The molecule has 3 heteroatoms. The Bertz CT molecular complexity index is 221. The third-order valence-electron chi connectivity index (χ3n) is 2.60. The summed E-state index contributed by atoms with van der Waals surface area (Å²) in [7, 11) is 1.37. The molecule has 0 bridgehead atoms. The van der Waals surface area contributed by atoms with Crippen LogP contribution in [0.25, 0.3) is 0 Å². The van der Waals surface area contributed by atoms with E-state index in [1.807, 2.05) is 6.08 Å². The van der Waals surface area contributed by atoms with Crippen molar-refractivity contribution in [3.8, 4) is 0 Å². The Labute approximate surface area is 98.5 Å². The van der Waals surface area contributed by atoms with Crippen molar-refractivity contribution in [1.82, 2.24) is 0 Å². The van der Waals surface area contributed by atoms with E-state index in [9.17, 15) is 9.90 Å². The number of rotatable bonds is 8. The van der Waals surface area contributed by atoms with Gasteiger partial charge in [0.15, 0.2) is 0 Å². The van der Waals surface area contributed by atoms with E-state index < -0.39 is 0 Å². The quantitative estimate of drug-likeness (QED) is 0.395. The van der Waals surface area contributed by atoms with Gasteiger partial charge in [-0.15, -0.1) is 0 Å². The van der Waals surface area contributed by atoms with Crippen LogP contribution in [0.2, 0.25) is 0 Å². The van der Waals surface area contributed by atoms with Crippen LogP contribution in [0, 0.1) is 0 Å². The average Bonchev–Trinajstić information content (AvgIpc) is 2.28. The zero-order chi connectivity index (χ0) is 12.4. The van der Waals surface area contributed by atoms with Crippen LogP contribution in [-0.4, -0.2) is 24.3 Å². The van der Waals surface area contributed by atoms with Crippen LogP contribution in [0.15, 0.2) is 11.6 Å². The fourth-order valence-corrected chi connectivity index (χ4v) is 1.51. The monoisotopic (exact) mass is 228 g/mol. The van der Waals surface area contributed by atoms with Crippen LogP contribution in [0.3, 0.4) is 0 Å². The summed E-state index contributed by atoms with van der Waals surface area (Å²) in [5.74, 6) is -0.291. The molecule has 1 N–H and O–H groups in total. The molecule has 0 rings (SSSR count). The van der Waals surface area contributed by atoms with Crippen molar-refractivity contribution < 1.29 is 14.6 Å². The number of hydrogen-bond donors (Lipinski definition) is 1. The number of esters is 1. The number of hydrogen-bond acceptors (Lipinski definition) is 3. The Morgan fingerprint density at radius 3 is 2.62 bits per heavy atom. The smallest absolute Gasteiger partial charge is 0.333 e. The van der Waals surface area contributed by atoms with Crippen LogP contribution in [0.1, 0.15) is 52.4 Å². The maximum absolute atomic E-state index is 11.0. The van der Waals surface area contributed by atoms with Gasteiger partial charge in [-0.25, -0.2) is 4.79 Å². The maximum atomic E-state index is 11.0. The summed E-state index contributed by atoms with van der Waals surface area (Å²) in [5, 5.41) is 9.64. The molecule has 0 spiro atoms. The molecule has 1 unspecified atom stereocenters. The van der Waals surface area contributed by atoms with E-state index in [0.29, 0.717) is 5.57 Å². The van der Waals surface area contributed by atoms with Crippen molar-refractivity contribution >= 4 is 5.97 Å². The summed E-state index contributed by atoms with van der Waals surface area (Å²) >= 11 is 0. The van der Waals surface area contributed by atoms with Crippen molar-refractivity contribution in [3.63, 3.8) is 0 Å². The van der Waals surface area contributed by atoms with E-state index in [1.54, 1.807) is 6.92 Å². The van der Waals surface area contributed by atoms with E-state index >= 15 is 0 Å². The number of unbranched alkanes of at least 4 members (excludes halogenated alkanes) is 2. The molecule has 1 atom stereocenters. The third kappa shape index (κ3) is 7.46. The van der Waals surface area contributed by atoms with Gasteiger partial charge in [0.2, 0.25) is 0 Å². The number of aliphatic hydroxyl groups is 1. The van der Waals surface area contributed by atoms with Crippen LogP contribution in [0.5, 0.6) is 0 Å². The molecule has 3 nitrogen and oxygen atoms in total. The lowest BCUT2D eigenvalue weighted by Gasteiger charge is -2.08. The largest absolute Gasteiger partial charge is 0.466 e. The number of ether oxygens (including phenoxy) is 1. The third-order valence-corrected chi connectivity index (χ3v) is 2.60. The molecule has 0 aliphatic heterocycles. The van der Waals surface area contributed by atoms with E-state index in [-0.39, 0.29) is 12.1 Å². The normalized spacial score (nSPS) is 13.6.